The Morgan fingerprint density at radius 3 is 2.56 bits per heavy atom. The van der Waals surface area contributed by atoms with Gasteiger partial charge >= 0.3 is 6.18 Å². The number of alkyl halides is 3. The second-order valence-corrected chi connectivity index (χ2v) is 5.89. The van der Waals surface area contributed by atoms with Gasteiger partial charge in [0.2, 0.25) is 0 Å². The van der Waals surface area contributed by atoms with Crippen molar-refractivity contribution in [3.63, 3.8) is 0 Å². The first kappa shape index (κ1) is 19.2. The Balaban J connectivity index is 2.29. The van der Waals surface area contributed by atoms with Gasteiger partial charge in [-0.05, 0) is 18.4 Å². The van der Waals surface area contributed by atoms with Gasteiger partial charge in [0.25, 0.3) is 5.78 Å². The number of carbonyl (C=O) groups excluding carboxylic acids is 2. The highest BCUT2D eigenvalue weighted by atomic mass is 19.4. The Morgan fingerprint density at radius 1 is 1.32 bits per heavy atom. The lowest BCUT2D eigenvalue weighted by molar-refractivity contribution is -0.186. The summed E-state index contributed by atoms with van der Waals surface area (Å²) in [4.78, 5) is 24.8. The van der Waals surface area contributed by atoms with E-state index in [1.807, 2.05) is 0 Å². The predicted molar refractivity (Wildman–Crippen MR) is 83.8 cm³/mol. The van der Waals surface area contributed by atoms with Gasteiger partial charge in [-0.25, -0.2) is 4.79 Å². The summed E-state index contributed by atoms with van der Waals surface area (Å²) in [6.45, 7) is -0.396. The quantitative estimate of drug-likeness (QED) is 0.790. The van der Waals surface area contributed by atoms with Crippen molar-refractivity contribution in [2.75, 3.05) is 19.8 Å². The lowest BCUT2D eigenvalue weighted by Crippen LogP contribution is -2.53. The summed E-state index contributed by atoms with van der Waals surface area (Å²) in [6, 6.07) is 8.83. The first-order valence-corrected chi connectivity index (χ1v) is 7.79. The van der Waals surface area contributed by atoms with E-state index in [-0.39, 0.29) is 25.4 Å². The maximum absolute atomic E-state index is 13.2. The van der Waals surface area contributed by atoms with E-state index >= 15 is 0 Å². The normalized spacial score (nSPS) is 21.1. The highest BCUT2D eigenvalue weighted by Crippen LogP contribution is 2.43. The van der Waals surface area contributed by atoms with E-state index < -0.39 is 24.0 Å². The fourth-order valence-electron chi connectivity index (χ4n) is 3.07. The summed E-state index contributed by atoms with van der Waals surface area (Å²) < 4.78 is 44.9. The van der Waals surface area contributed by atoms with Gasteiger partial charge in [-0.1, -0.05) is 30.3 Å². The molecule has 1 heterocycles. The number of ketones is 1. The zero-order chi connectivity index (χ0) is 18.5. The Bertz CT molecular complexity index is 657. The molecule has 0 bridgehead atoms. The van der Waals surface area contributed by atoms with Crippen LogP contribution in [0.25, 0.3) is 0 Å². The number of carbonyl (C=O) groups is 1. The summed E-state index contributed by atoms with van der Waals surface area (Å²) >= 11 is 0. The molecule has 8 heteroatoms. The topological polar surface area (TPSA) is 72.6 Å². The second kappa shape index (κ2) is 7.82. The van der Waals surface area contributed by atoms with Gasteiger partial charge in [-0.3, -0.25) is 4.79 Å². The van der Waals surface area contributed by atoms with Crippen LogP contribution in [-0.2, 0) is 20.9 Å². The molecule has 1 unspecified atom stereocenters. The van der Waals surface area contributed by atoms with E-state index in [4.69, 9.17) is 10.5 Å². The first-order valence-electron chi connectivity index (χ1n) is 7.79. The number of ether oxygens (including phenoxy) is 1. The Kier molecular flexibility index (Phi) is 6.00. The second-order valence-electron chi connectivity index (χ2n) is 5.89. The van der Waals surface area contributed by atoms with Gasteiger partial charge in [0, 0.05) is 6.54 Å². The monoisotopic (exact) mass is 356 g/mol. The number of likely N-dealkylation sites (tertiary alicyclic amines) is 1. The summed E-state index contributed by atoms with van der Waals surface area (Å²) in [5.74, 6) is -0.486. The van der Waals surface area contributed by atoms with E-state index in [0.717, 1.165) is 5.56 Å². The van der Waals surface area contributed by atoms with E-state index in [2.05, 4.69) is 0 Å². The molecule has 0 aromatic heterocycles. The molecule has 0 amide bonds. The standard InChI is InChI=1S/C17H19F3N2O3/c18-17(19,20)15(24)16(7-4-8-22(12-21)14(16)9-23)11-25-10-13-5-2-1-3-6-13/h1-3,5-6H,4,7-8,10-12,21H2. The van der Waals surface area contributed by atoms with Crippen molar-refractivity contribution in [2.45, 2.75) is 25.6 Å². The average molecular weight is 356 g/mol. The number of hydrogen-bond acceptors (Lipinski definition) is 5. The van der Waals surface area contributed by atoms with Crippen LogP contribution in [0.4, 0.5) is 13.2 Å². The number of Topliss-reactive ketones (excluding diaryl/α,β-unsaturated/α-hetero) is 1. The van der Waals surface area contributed by atoms with Crippen LogP contribution in [-0.4, -0.2) is 42.6 Å². The molecule has 0 radical (unpaired) electrons. The van der Waals surface area contributed by atoms with Gasteiger partial charge in [-0.2, -0.15) is 13.2 Å². The fourth-order valence-corrected chi connectivity index (χ4v) is 3.07. The zero-order valence-corrected chi connectivity index (χ0v) is 13.5. The molecule has 1 aromatic rings. The number of rotatable bonds is 6. The van der Waals surface area contributed by atoms with Crippen LogP contribution in [0.5, 0.6) is 0 Å². The Hall–Kier alpha value is -2.15. The van der Waals surface area contributed by atoms with E-state index in [0.29, 0.717) is 13.0 Å². The molecule has 1 fully saturated rings. The van der Waals surface area contributed by atoms with Gasteiger partial charge in [0.05, 0.1) is 19.9 Å². The molecule has 1 aliphatic heterocycles. The third-order valence-electron chi connectivity index (χ3n) is 4.27. The number of nitrogens with two attached hydrogens (primary N) is 1. The molecule has 0 saturated carbocycles. The summed E-state index contributed by atoms with van der Waals surface area (Å²) in [5.41, 5.74) is 3.78. The van der Waals surface area contributed by atoms with Crippen LogP contribution in [0.1, 0.15) is 18.4 Å². The predicted octanol–water partition coefficient (Wildman–Crippen LogP) is 2.05. The third-order valence-corrected chi connectivity index (χ3v) is 4.27. The molecule has 2 rings (SSSR count). The van der Waals surface area contributed by atoms with E-state index in [9.17, 15) is 22.8 Å². The fraction of sp³-hybridized carbons (Fsp3) is 0.471. The van der Waals surface area contributed by atoms with Gasteiger partial charge < -0.3 is 15.4 Å². The van der Waals surface area contributed by atoms with Crippen LogP contribution in [0.2, 0.25) is 0 Å². The number of benzene rings is 1. The van der Waals surface area contributed by atoms with Crippen molar-refractivity contribution in [2.24, 2.45) is 11.1 Å². The molecule has 0 spiro atoms. The zero-order valence-electron chi connectivity index (χ0n) is 13.5. The molecule has 5 nitrogen and oxygen atoms in total. The molecular weight excluding hydrogens is 337 g/mol. The largest absolute Gasteiger partial charge is 0.451 e. The number of piperidine rings is 1. The van der Waals surface area contributed by atoms with Crippen molar-refractivity contribution in [3.05, 3.63) is 41.6 Å². The lowest BCUT2D eigenvalue weighted by Gasteiger charge is -2.42. The smallest absolute Gasteiger partial charge is 0.375 e. The number of hydrogen-bond donors (Lipinski definition) is 1. The van der Waals surface area contributed by atoms with Crippen molar-refractivity contribution in [1.82, 2.24) is 4.90 Å². The van der Waals surface area contributed by atoms with Crippen molar-refractivity contribution in [3.8, 4) is 0 Å². The summed E-state index contributed by atoms with van der Waals surface area (Å²) in [5, 5.41) is 0. The molecule has 25 heavy (non-hydrogen) atoms. The summed E-state index contributed by atoms with van der Waals surface area (Å²) in [6.07, 6.45) is -4.93. The van der Waals surface area contributed by atoms with E-state index in [1.165, 1.54) is 10.8 Å². The molecule has 136 valence electrons. The van der Waals surface area contributed by atoms with Gasteiger partial charge in [0.1, 0.15) is 17.1 Å². The van der Waals surface area contributed by atoms with Crippen LogP contribution in [0.15, 0.2) is 36.0 Å². The molecule has 0 aliphatic carbocycles. The molecular formula is C17H19F3N2O3. The summed E-state index contributed by atoms with van der Waals surface area (Å²) in [7, 11) is 0. The maximum atomic E-state index is 13.2. The van der Waals surface area contributed by atoms with E-state index in [1.54, 1.807) is 30.3 Å². The average Bonchev–Trinajstić information content (AvgIpc) is 2.60. The number of halogens is 3. The Labute approximate surface area is 143 Å². The van der Waals surface area contributed by atoms with Gasteiger partial charge in [-0.15, -0.1) is 0 Å². The maximum Gasteiger partial charge on any atom is 0.451 e. The van der Waals surface area contributed by atoms with Crippen molar-refractivity contribution in [1.29, 1.82) is 0 Å². The minimum Gasteiger partial charge on any atom is -0.375 e. The lowest BCUT2D eigenvalue weighted by atomic mass is 9.73. The van der Waals surface area contributed by atoms with Crippen LogP contribution in [0.3, 0.4) is 0 Å². The molecule has 1 aliphatic rings. The molecule has 1 atom stereocenters. The highest BCUT2D eigenvalue weighted by molar-refractivity contribution is 5.94. The third kappa shape index (κ3) is 4.10. The van der Waals surface area contributed by atoms with Crippen molar-refractivity contribution < 1.29 is 27.5 Å². The Morgan fingerprint density at radius 2 is 2.00 bits per heavy atom. The molecule has 1 saturated heterocycles. The van der Waals surface area contributed by atoms with Crippen LogP contribution < -0.4 is 5.73 Å². The molecule has 1 aromatic carbocycles. The van der Waals surface area contributed by atoms with Crippen LogP contribution in [0, 0.1) is 5.41 Å². The highest BCUT2D eigenvalue weighted by Gasteiger charge is 2.57. The van der Waals surface area contributed by atoms with Crippen molar-refractivity contribution >= 4 is 11.7 Å². The molecule has 2 N–H and O–H groups in total. The number of nitrogens with zero attached hydrogens (tertiary/aromatic N) is 1. The van der Waals surface area contributed by atoms with Crippen LogP contribution >= 0.6 is 0 Å². The SMILES string of the molecule is NCN1CCCC(COCc2ccccc2)(C(=O)C(F)(F)F)C1=C=O. The minimum atomic E-state index is -5.09. The minimum absolute atomic E-state index is 0.0302. The van der Waals surface area contributed by atoms with Gasteiger partial charge in [0.15, 0.2) is 0 Å². The first-order chi connectivity index (χ1) is 11.8.